The Morgan fingerprint density at radius 3 is 2.78 bits per heavy atom. The van der Waals surface area contributed by atoms with Gasteiger partial charge in [-0.1, -0.05) is 12.2 Å². The highest BCUT2D eigenvalue weighted by atomic mass is 32.2. The highest BCUT2D eigenvalue weighted by molar-refractivity contribution is 8.23. The van der Waals surface area contributed by atoms with Crippen LogP contribution >= 0.6 is 24.0 Å². The van der Waals surface area contributed by atoms with E-state index in [1.165, 1.54) is 0 Å². The fourth-order valence-corrected chi connectivity index (χ4v) is 1.04. The van der Waals surface area contributed by atoms with E-state index in [2.05, 4.69) is 6.07 Å². The molecule has 0 aromatic carbocycles. The molecule has 0 aliphatic rings. The topological polar surface area (TPSA) is 23.8 Å². The van der Waals surface area contributed by atoms with Crippen LogP contribution < -0.4 is 0 Å². The zero-order valence-corrected chi connectivity index (χ0v) is 7.18. The van der Waals surface area contributed by atoms with Crippen LogP contribution in [0.5, 0.6) is 0 Å². The van der Waals surface area contributed by atoms with Gasteiger partial charge in [-0.2, -0.15) is 5.26 Å². The van der Waals surface area contributed by atoms with Crippen molar-refractivity contribution in [2.45, 2.75) is 13.8 Å². The number of hydrogen-bond acceptors (Lipinski definition) is 3. The first-order valence-corrected chi connectivity index (χ1v) is 4.09. The lowest BCUT2D eigenvalue weighted by molar-refractivity contribution is 0.866. The van der Waals surface area contributed by atoms with Crippen molar-refractivity contribution >= 4 is 28.2 Å². The van der Waals surface area contributed by atoms with Crippen molar-refractivity contribution in [1.29, 1.82) is 5.26 Å². The molecular formula is C6H9NS2. The predicted octanol–water partition coefficient (Wildman–Crippen LogP) is 2.23. The molecule has 0 amide bonds. The van der Waals surface area contributed by atoms with Gasteiger partial charge in [-0.05, 0) is 13.8 Å². The van der Waals surface area contributed by atoms with Crippen molar-refractivity contribution < 1.29 is 0 Å². The fraction of sp³-hybridized carbons (Fsp3) is 0.667. The zero-order chi connectivity index (χ0) is 7.28. The minimum atomic E-state index is 0.118. The van der Waals surface area contributed by atoms with Crippen LogP contribution in [0.1, 0.15) is 13.8 Å². The number of nitrogens with zero attached hydrogens (tertiary/aromatic N) is 1. The second-order valence-electron chi connectivity index (χ2n) is 1.83. The molecule has 0 heterocycles. The van der Waals surface area contributed by atoms with Crippen LogP contribution in [0.2, 0.25) is 0 Å². The van der Waals surface area contributed by atoms with Crippen LogP contribution in [0.3, 0.4) is 0 Å². The average molecular weight is 159 g/mol. The van der Waals surface area contributed by atoms with Gasteiger partial charge in [-0.15, -0.1) is 11.8 Å². The van der Waals surface area contributed by atoms with Gasteiger partial charge in [0.25, 0.3) is 0 Å². The summed E-state index contributed by atoms with van der Waals surface area (Å²) in [5, 5.41) is 8.34. The molecule has 50 valence electrons. The molecule has 0 bridgehead atoms. The Balaban J connectivity index is 3.30. The largest absolute Gasteiger partial charge is 0.198 e. The third-order valence-electron chi connectivity index (χ3n) is 0.757. The number of hydrogen-bond donors (Lipinski definition) is 0. The minimum Gasteiger partial charge on any atom is -0.198 e. The van der Waals surface area contributed by atoms with E-state index in [0.717, 1.165) is 9.95 Å². The highest BCUT2D eigenvalue weighted by Crippen LogP contribution is 2.08. The van der Waals surface area contributed by atoms with E-state index < -0.39 is 0 Å². The van der Waals surface area contributed by atoms with E-state index >= 15 is 0 Å². The third-order valence-corrected chi connectivity index (χ3v) is 2.18. The summed E-state index contributed by atoms with van der Waals surface area (Å²) in [5.41, 5.74) is 0. The fourth-order valence-electron chi connectivity index (χ4n) is 0.280. The molecule has 9 heavy (non-hydrogen) atoms. The first-order valence-electron chi connectivity index (χ1n) is 2.69. The maximum atomic E-state index is 8.34. The number of nitriles is 1. The monoisotopic (exact) mass is 159 g/mol. The Bertz CT molecular complexity index is 136. The zero-order valence-electron chi connectivity index (χ0n) is 5.55. The standard InChI is InChI=1S/C6H9NS2/c1-5(3-7)4-9-6(2)8/h5H,4H2,1-2H3. The van der Waals surface area contributed by atoms with Crippen molar-refractivity contribution in [2.24, 2.45) is 5.92 Å². The van der Waals surface area contributed by atoms with Crippen LogP contribution in [0, 0.1) is 17.2 Å². The summed E-state index contributed by atoms with van der Waals surface area (Å²) in [6, 6.07) is 2.14. The van der Waals surface area contributed by atoms with Gasteiger partial charge >= 0.3 is 0 Å². The van der Waals surface area contributed by atoms with Crippen molar-refractivity contribution in [3.8, 4) is 6.07 Å². The third kappa shape index (κ3) is 5.81. The molecular weight excluding hydrogens is 150 g/mol. The molecule has 1 atom stereocenters. The van der Waals surface area contributed by atoms with Gasteiger partial charge in [0, 0.05) is 9.95 Å². The van der Waals surface area contributed by atoms with E-state index in [4.69, 9.17) is 17.5 Å². The lowest BCUT2D eigenvalue weighted by atomic mass is 10.3. The normalized spacial score (nSPS) is 12.1. The van der Waals surface area contributed by atoms with Crippen LogP contribution in [-0.4, -0.2) is 9.95 Å². The van der Waals surface area contributed by atoms with E-state index in [-0.39, 0.29) is 5.92 Å². The van der Waals surface area contributed by atoms with Gasteiger partial charge in [-0.25, -0.2) is 0 Å². The molecule has 0 saturated heterocycles. The van der Waals surface area contributed by atoms with Gasteiger partial charge in [0.1, 0.15) is 0 Å². The molecule has 0 fully saturated rings. The van der Waals surface area contributed by atoms with Gasteiger partial charge < -0.3 is 0 Å². The molecule has 0 N–H and O–H groups in total. The molecule has 0 aliphatic carbocycles. The number of thiocarbonyl (C=S) groups is 1. The number of rotatable bonds is 2. The Labute approximate surface area is 65.4 Å². The second kappa shape index (κ2) is 4.78. The van der Waals surface area contributed by atoms with Crippen LogP contribution in [0.15, 0.2) is 0 Å². The molecule has 0 aliphatic heterocycles. The average Bonchev–Trinajstić information content (AvgIpc) is 1.83. The molecule has 0 aromatic rings. The first kappa shape index (κ1) is 8.93. The predicted molar refractivity (Wildman–Crippen MR) is 45.5 cm³/mol. The minimum absolute atomic E-state index is 0.118. The van der Waals surface area contributed by atoms with E-state index in [1.54, 1.807) is 11.8 Å². The van der Waals surface area contributed by atoms with Crippen molar-refractivity contribution in [3.63, 3.8) is 0 Å². The maximum absolute atomic E-state index is 8.34. The van der Waals surface area contributed by atoms with Crippen LogP contribution in [-0.2, 0) is 0 Å². The smallest absolute Gasteiger partial charge is 0.0661 e. The van der Waals surface area contributed by atoms with Gasteiger partial charge in [0.05, 0.1) is 12.0 Å². The summed E-state index contributed by atoms with van der Waals surface area (Å²) in [7, 11) is 0. The lowest BCUT2D eigenvalue weighted by Crippen LogP contribution is -1.94. The van der Waals surface area contributed by atoms with Crippen molar-refractivity contribution in [2.75, 3.05) is 5.75 Å². The molecule has 0 saturated carbocycles. The molecule has 0 aromatic heterocycles. The van der Waals surface area contributed by atoms with Crippen LogP contribution in [0.4, 0.5) is 0 Å². The molecule has 3 heteroatoms. The summed E-state index contributed by atoms with van der Waals surface area (Å²) in [5.74, 6) is 0.944. The van der Waals surface area contributed by atoms with Gasteiger partial charge in [0.15, 0.2) is 0 Å². The summed E-state index contributed by atoms with van der Waals surface area (Å²) in [4.78, 5) is 0. The molecule has 0 rings (SSSR count). The van der Waals surface area contributed by atoms with E-state index in [0.29, 0.717) is 0 Å². The second-order valence-corrected chi connectivity index (χ2v) is 3.94. The lowest BCUT2D eigenvalue weighted by Gasteiger charge is -1.97. The highest BCUT2D eigenvalue weighted by Gasteiger charge is 1.98. The molecule has 0 radical (unpaired) electrons. The van der Waals surface area contributed by atoms with Crippen molar-refractivity contribution in [3.05, 3.63) is 0 Å². The van der Waals surface area contributed by atoms with E-state index in [9.17, 15) is 0 Å². The van der Waals surface area contributed by atoms with Gasteiger partial charge in [0.2, 0.25) is 0 Å². The maximum Gasteiger partial charge on any atom is 0.0661 e. The Morgan fingerprint density at radius 1 is 1.89 bits per heavy atom. The summed E-state index contributed by atoms with van der Waals surface area (Å²) in [6.45, 7) is 3.77. The summed E-state index contributed by atoms with van der Waals surface area (Å²) in [6.07, 6.45) is 0. The summed E-state index contributed by atoms with van der Waals surface area (Å²) >= 11 is 6.39. The Morgan fingerprint density at radius 2 is 2.44 bits per heavy atom. The first-order chi connectivity index (χ1) is 4.16. The quantitative estimate of drug-likeness (QED) is 0.577. The summed E-state index contributed by atoms with van der Waals surface area (Å²) < 4.78 is 0.914. The van der Waals surface area contributed by atoms with Crippen molar-refractivity contribution in [1.82, 2.24) is 0 Å². The Kier molecular flexibility index (Phi) is 4.74. The molecule has 1 unspecified atom stereocenters. The SMILES string of the molecule is CC(=S)SCC(C)C#N. The van der Waals surface area contributed by atoms with Gasteiger partial charge in [-0.3, -0.25) is 0 Å². The van der Waals surface area contributed by atoms with Crippen LogP contribution in [0.25, 0.3) is 0 Å². The molecule has 0 spiro atoms. The molecule has 1 nitrogen and oxygen atoms in total. The Hall–Kier alpha value is -0.0700. The van der Waals surface area contributed by atoms with E-state index in [1.807, 2.05) is 13.8 Å². The number of thioether (sulfide) groups is 1.